The molecule has 2 rings (SSSR count). The van der Waals surface area contributed by atoms with Crippen molar-refractivity contribution in [1.29, 1.82) is 0 Å². The third-order valence-electron chi connectivity index (χ3n) is 2.65. The molecule has 1 atom stereocenters. The highest BCUT2D eigenvalue weighted by Crippen LogP contribution is 2.21. The molecule has 1 unspecified atom stereocenters. The first-order valence-electron chi connectivity index (χ1n) is 5.10. The van der Waals surface area contributed by atoms with Gasteiger partial charge in [-0.15, -0.1) is 0 Å². The molecule has 2 nitrogen and oxygen atoms in total. The second kappa shape index (κ2) is 4.79. The van der Waals surface area contributed by atoms with Gasteiger partial charge in [-0.1, -0.05) is 15.9 Å². The fourth-order valence-electron chi connectivity index (χ4n) is 1.77. The van der Waals surface area contributed by atoms with Gasteiger partial charge in [0.15, 0.2) is 0 Å². The molecular formula is C12H14BrNO. The van der Waals surface area contributed by atoms with Gasteiger partial charge in [0.1, 0.15) is 5.75 Å². The average molecular weight is 268 g/mol. The lowest BCUT2D eigenvalue weighted by molar-refractivity contribution is 0.415. The Morgan fingerprint density at radius 3 is 2.67 bits per heavy atom. The lowest BCUT2D eigenvalue weighted by atomic mass is 10.1. The minimum atomic E-state index is 0.460. The minimum Gasteiger partial charge on any atom is -0.497 e. The number of methoxy groups -OCH3 is 1. The molecule has 3 heteroatoms. The van der Waals surface area contributed by atoms with Crippen LogP contribution in [0.25, 0.3) is 0 Å². The van der Waals surface area contributed by atoms with Gasteiger partial charge in [-0.25, -0.2) is 0 Å². The maximum atomic E-state index is 5.13. The maximum absolute atomic E-state index is 5.13. The van der Waals surface area contributed by atoms with Crippen LogP contribution in [0.2, 0.25) is 0 Å². The summed E-state index contributed by atoms with van der Waals surface area (Å²) in [5, 5.41) is 0.965. The fraction of sp³-hybridized carbons (Fsp3) is 0.417. The highest BCUT2D eigenvalue weighted by molar-refractivity contribution is 9.09. The van der Waals surface area contributed by atoms with Crippen molar-refractivity contribution in [3.8, 4) is 5.75 Å². The molecule has 1 aromatic rings. The Labute approximate surface area is 98.5 Å². The summed E-state index contributed by atoms with van der Waals surface area (Å²) < 4.78 is 5.13. The Kier molecular flexibility index (Phi) is 3.41. The summed E-state index contributed by atoms with van der Waals surface area (Å²) in [6.07, 6.45) is 2.25. The molecule has 0 aliphatic carbocycles. The molecular weight excluding hydrogens is 254 g/mol. The Morgan fingerprint density at radius 2 is 2.13 bits per heavy atom. The van der Waals surface area contributed by atoms with E-state index in [4.69, 9.17) is 4.74 Å². The van der Waals surface area contributed by atoms with Gasteiger partial charge in [-0.3, -0.25) is 4.99 Å². The summed E-state index contributed by atoms with van der Waals surface area (Å²) in [6.45, 7) is 0. The van der Waals surface area contributed by atoms with Crippen LogP contribution in [0, 0.1) is 0 Å². The zero-order valence-electron chi connectivity index (χ0n) is 8.74. The molecule has 80 valence electrons. The molecule has 0 spiro atoms. The van der Waals surface area contributed by atoms with E-state index in [9.17, 15) is 0 Å². The van der Waals surface area contributed by atoms with E-state index in [2.05, 4.69) is 33.1 Å². The van der Waals surface area contributed by atoms with Crippen molar-refractivity contribution in [3.63, 3.8) is 0 Å². The number of hydrogen-bond donors (Lipinski definition) is 0. The molecule has 0 N–H and O–H groups in total. The van der Waals surface area contributed by atoms with Gasteiger partial charge >= 0.3 is 0 Å². The molecule has 0 amide bonds. The van der Waals surface area contributed by atoms with Crippen LogP contribution in [0.1, 0.15) is 18.4 Å². The lowest BCUT2D eigenvalue weighted by Crippen LogP contribution is -1.98. The average Bonchev–Trinajstić information content (AvgIpc) is 2.78. The molecule has 1 aromatic carbocycles. The standard InChI is InChI=1S/C12H14BrNO/c1-15-11-5-2-9(3-6-11)12-7-4-10(8-13)14-12/h2-3,5-6,10H,4,7-8H2,1H3. The second-order valence-electron chi connectivity index (χ2n) is 3.65. The number of hydrogen-bond acceptors (Lipinski definition) is 2. The Morgan fingerprint density at radius 1 is 1.40 bits per heavy atom. The third kappa shape index (κ3) is 2.40. The van der Waals surface area contributed by atoms with E-state index in [1.807, 2.05) is 12.1 Å². The minimum absolute atomic E-state index is 0.460. The van der Waals surface area contributed by atoms with Crippen molar-refractivity contribution >= 4 is 21.6 Å². The van der Waals surface area contributed by atoms with Crippen LogP contribution in [0.5, 0.6) is 5.75 Å². The normalized spacial score (nSPS) is 20.1. The predicted molar refractivity (Wildman–Crippen MR) is 66.3 cm³/mol. The largest absolute Gasteiger partial charge is 0.497 e. The van der Waals surface area contributed by atoms with Crippen LogP contribution in [-0.2, 0) is 0 Å². The number of nitrogens with zero attached hydrogens (tertiary/aromatic N) is 1. The number of ether oxygens (including phenoxy) is 1. The lowest BCUT2D eigenvalue weighted by Gasteiger charge is -2.02. The summed E-state index contributed by atoms with van der Waals surface area (Å²) in [5.74, 6) is 0.898. The molecule has 1 heterocycles. The van der Waals surface area contributed by atoms with Gasteiger partial charge in [0.2, 0.25) is 0 Å². The molecule has 1 aliphatic rings. The van der Waals surface area contributed by atoms with Crippen molar-refractivity contribution < 1.29 is 4.74 Å². The van der Waals surface area contributed by atoms with E-state index in [1.54, 1.807) is 7.11 Å². The van der Waals surface area contributed by atoms with Crippen LogP contribution in [0.15, 0.2) is 29.3 Å². The van der Waals surface area contributed by atoms with Gasteiger partial charge in [-0.05, 0) is 42.7 Å². The smallest absolute Gasteiger partial charge is 0.118 e. The van der Waals surface area contributed by atoms with Gasteiger partial charge in [0.25, 0.3) is 0 Å². The summed E-state index contributed by atoms with van der Waals surface area (Å²) >= 11 is 3.47. The molecule has 1 aliphatic heterocycles. The Bertz CT molecular complexity index is 358. The molecule has 0 aromatic heterocycles. The van der Waals surface area contributed by atoms with Crippen LogP contribution >= 0.6 is 15.9 Å². The highest BCUT2D eigenvalue weighted by Gasteiger charge is 2.17. The van der Waals surface area contributed by atoms with E-state index in [0.29, 0.717) is 6.04 Å². The van der Waals surface area contributed by atoms with E-state index >= 15 is 0 Å². The van der Waals surface area contributed by atoms with Gasteiger partial charge in [0.05, 0.1) is 13.2 Å². The molecule has 0 saturated carbocycles. The molecule has 15 heavy (non-hydrogen) atoms. The van der Waals surface area contributed by atoms with Crippen molar-refractivity contribution in [1.82, 2.24) is 0 Å². The van der Waals surface area contributed by atoms with Crippen LogP contribution in [-0.4, -0.2) is 24.2 Å². The number of halogens is 1. The highest BCUT2D eigenvalue weighted by atomic mass is 79.9. The Hall–Kier alpha value is -0.830. The Balaban J connectivity index is 2.16. The summed E-state index contributed by atoms with van der Waals surface area (Å²) in [6, 6.07) is 8.59. The number of benzene rings is 1. The van der Waals surface area contributed by atoms with Crippen LogP contribution in [0.3, 0.4) is 0 Å². The summed E-state index contributed by atoms with van der Waals surface area (Å²) in [4.78, 5) is 4.66. The van der Waals surface area contributed by atoms with Crippen LogP contribution < -0.4 is 4.74 Å². The van der Waals surface area contributed by atoms with E-state index in [0.717, 1.165) is 23.9 Å². The van der Waals surface area contributed by atoms with E-state index < -0.39 is 0 Å². The van der Waals surface area contributed by atoms with Crippen LogP contribution in [0.4, 0.5) is 0 Å². The predicted octanol–water partition coefficient (Wildman–Crippen LogP) is 3.04. The molecule has 0 bridgehead atoms. The zero-order valence-corrected chi connectivity index (χ0v) is 10.3. The quantitative estimate of drug-likeness (QED) is 0.772. The first kappa shape index (κ1) is 10.7. The fourth-order valence-corrected chi connectivity index (χ4v) is 2.24. The second-order valence-corrected chi connectivity index (χ2v) is 4.30. The van der Waals surface area contributed by atoms with Crippen molar-refractivity contribution in [3.05, 3.63) is 29.8 Å². The number of alkyl halides is 1. The summed E-state index contributed by atoms with van der Waals surface area (Å²) in [5.41, 5.74) is 2.45. The monoisotopic (exact) mass is 267 g/mol. The first-order chi connectivity index (χ1) is 7.33. The van der Waals surface area contributed by atoms with Gasteiger partial charge in [-0.2, -0.15) is 0 Å². The van der Waals surface area contributed by atoms with E-state index in [1.165, 1.54) is 11.3 Å². The molecule has 0 saturated heterocycles. The summed E-state index contributed by atoms with van der Waals surface area (Å²) in [7, 11) is 1.68. The van der Waals surface area contributed by atoms with E-state index in [-0.39, 0.29) is 0 Å². The van der Waals surface area contributed by atoms with Gasteiger partial charge in [0, 0.05) is 11.0 Å². The zero-order chi connectivity index (χ0) is 10.7. The maximum Gasteiger partial charge on any atom is 0.118 e. The SMILES string of the molecule is COc1ccc(C2=NC(CBr)CC2)cc1. The number of rotatable bonds is 3. The van der Waals surface area contributed by atoms with Crippen molar-refractivity contribution in [2.45, 2.75) is 18.9 Å². The molecule has 0 radical (unpaired) electrons. The third-order valence-corrected chi connectivity index (χ3v) is 3.40. The number of aliphatic imine (C=N–C) groups is 1. The topological polar surface area (TPSA) is 21.6 Å². The van der Waals surface area contributed by atoms with Gasteiger partial charge < -0.3 is 4.74 Å². The molecule has 0 fully saturated rings. The first-order valence-corrected chi connectivity index (χ1v) is 6.22. The van der Waals surface area contributed by atoms with Crippen molar-refractivity contribution in [2.75, 3.05) is 12.4 Å². The van der Waals surface area contributed by atoms with Crippen molar-refractivity contribution in [2.24, 2.45) is 4.99 Å².